The molecule has 0 aliphatic heterocycles. The van der Waals surface area contributed by atoms with Gasteiger partial charge in [-0.15, -0.1) is 0 Å². The topological polar surface area (TPSA) is 114 Å². The number of fused-ring (bicyclic) bond motifs is 2. The van der Waals surface area contributed by atoms with Crippen molar-refractivity contribution in [1.29, 1.82) is 0 Å². The second-order valence-corrected chi connectivity index (χ2v) is 11.2. The van der Waals surface area contributed by atoms with Gasteiger partial charge >= 0.3 is 20.2 Å². The molecule has 0 fully saturated rings. The molecule has 4 N–H and O–H groups in total. The lowest BCUT2D eigenvalue weighted by Gasteiger charge is -2.25. The molecule has 10 heteroatoms. The average Bonchev–Trinajstić information content (AvgIpc) is 3.02. The highest BCUT2D eigenvalue weighted by Crippen LogP contribution is 2.35. The summed E-state index contributed by atoms with van der Waals surface area (Å²) in [6.07, 6.45) is 0. The van der Waals surface area contributed by atoms with Gasteiger partial charge in [0.1, 0.15) is 0 Å². The van der Waals surface area contributed by atoms with Crippen LogP contribution >= 0.6 is 0 Å². The highest BCUT2D eigenvalue weighted by molar-refractivity contribution is 6.59. The normalized spacial score (nSPS) is 11.5. The summed E-state index contributed by atoms with van der Waals surface area (Å²) in [5.74, 6) is -0.414. The van der Waals surface area contributed by atoms with E-state index in [1.54, 1.807) is 30.3 Å². The Morgan fingerprint density at radius 1 is 0.614 bits per heavy atom. The molecule has 44 heavy (non-hydrogen) atoms. The van der Waals surface area contributed by atoms with Crippen molar-refractivity contribution in [2.45, 2.75) is 26.2 Å². The minimum absolute atomic E-state index is 0.414. The summed E-state index contributed by atoms with van der Waals surface area (Å²) in [6.45, 7) is 2.10. The molecule has 0 atom stereocenters. The molecule has 5 aromatic carbocycles. The lowest BCUT2D eigenvalue weighted by atomic mass is 9.77. The first-order chi connectivity index (χ1) is 21.2. The summed E-state index contributed by atoms with van der Waals surface area (Å²) >= 11 is 0. The molecule has 5 aromatic rings. The first-order valence-corrected chi connectivity index (χ1v) is 14.5. The van der Waals surface area contributed by atoms with Crippen LogP contribution in [0, 0.1) is 0 Å². The van der Waals surface area contributed by atoms with E-state index < -0.39 is 20.2 Å². The smallest absolute Gasteiger partial charge is 0.465 e. The monoisotopic (exact) mass is 590 g/mol. The molecular weight excluding hydrogens is 554 g/mol. The van der Waals surface area contributed by atoms with Gasteiger partial charge < -0.3 is 24.8 Å². The van der Waals surface area contributed by atoms with Gasteiger partial charge in [-0.3, -0.25) is 9.80 Å². The zero-order valence-corrected chi connectivity index (χ0v) is 25.1. The van der Waals surface area contributed by atoms with Crippen LogP contribution in [0.15, 0.2) is 91.0 Å². The van der Waals surface area contributed by atoms with Gasteiger partial charge in [0.15, 0.2) is 0 Å². The lowest BCUT2D eigenvalue weighted by molar-refractivity contribution is 0.0601. The van der Waals surface area contributed by atoms with Gasteiger partial charge in [-0.1, -0.05) is 78.9 Å². The van der Waals surface area contributed by atoms with Crippen LogP contribution in [0.5, 0.6) is 0 Å². The highest BCUT2D eigenvalue weighted by Gasteiger charge is 2.21. The predicted molar refractivity (Wildman–Crippen MR) is 176 cm³/mol. The Labute approximate surface area is 258 Å². The van der Waals surface area contributed by atoms with E-state index in [1.807, 2.05) is 62.6 Å². The Bertz CT molecular complexity index is 1800. The predicted octanol–water partition coefficient (Wildman–Crippen LogP) is 2.40. The Balaban J connectivity index is 1.59. The van der Waals surface area contributed by atoms with Crippen LogP contribution in [0.2, 0.25) is 0 Å². The number of hydrogen-bond donors (Lipinski definition) is 4. The number of nitrogens with zero attached hydrogens (tertiary/aromatic N) is 2. The van der Waals surface area contributed by atoms with E-state index in [2.05, 4.69) is 21.9 Å². The van der Waals surface area contributed by atoms with E-state index in [-0.39, 0.29) is 0 Å². The third kappa shape index (κ3) is 6.71. The second-order valence-electron chi connectivity index (χ2n) is 11.2. The quantitative estimate of drug-likeness (QED) is 0.106. The van der Waals surface area contributed by atoms with E-state index >= 15 is 0 Å². The summed E-state index contributed by atoms with van der Waals surface area (Å²) in [4.78, 5) is 16.9. The second kappa shape index (κ2) is 13.7. The van der Waals surface area contributed by atoms with Crippen LogP contribution in [-0.4, -0.2) is 71.3 Å². The molecule has 0 radical (unpaired) electrons. The van der Waals surface area contributed by atoms with Crippen LogP contribution in [-0.2, 0) is 30.9 Å². The molecule has 0 bridgehead atoms. The van der Waals surface area contributed by atoms with E-state index in [1.165, 1.54) is 7.11 Å². The average molecular weight is 590 g/mol. The minimum atomic E-state index is -1.56. The molecule has 0 aliphatic carbocycles. The molecule has 0 heterocycles. The zero-order chi connectivity index (χ0) is 31.4. The van der Waals surface area contributed by atoms with Crippen LogP contribution in [0.25, 0.3) is 21.5 Å². The number of methoxy groups -OCH3 is 1. The van der Waals surface area contributed by atoms with E-state index in [9.17, 15) is 24.9 Å². The van der Waals surface area contributed by atoms with E-state index in [0.717, 1.165) is 43.8 Å². The Morgan fingerprint density at radius 2 is 1.05 bits per heavy atom. The molecule has 5 rings (SSSR count). The number of carbonyl (C=O) groups is 1. The van der Waals surface area contributed by atoms with Gasteiger partial charge in [0.2, 0.25) is 0 Å². The number of hydrogen-bond acceptors (Lipinski definition) is 8. The van der Waals surface area contributed by atoms with Crippen LogP contribution < -0.4 is 10.9 Å². The number of benzene rings is 5. The van der Waals surface area contributed by atoms with Crippen molar-refractivity contribution in [3.05, 3.63) is 119 Å². The fourth-order valence-electron chi connectivity index (χ4n) is 6.04. The molecule has 224 valence electrons. The summed E-state index contributed by atoms with van der Waals surface area (Å²) in [6, 6.07) is 28.5. The first kappa shape index (κ1) is 31.4. The van der Waals surface area contributed by atoms with Crippen molar-refractivity contribution in [2.24, 2.45) is 0 Å². The van der Waals surface area contributed by atoms with Crippen LogP contribution in [0.3, 0.4) is 0 Å². The Morgan fingerprint density at radius 3 is 1.52 bits per heavy atom. The summed E-state index contributed by atoms with van der Waals surface area (Å²) in [5.41, 5.74) is 5.19. The van der Waals surface area contributed by atoms with Gasteiger partial charge in [-0.2, -0.15) is 0 Å². The summed E-state index contributed by atoms with van der Waals surface area (Å²) < 4.78 is 5.05. The Kier molecular flexibility index (Phi) is 9.80. The van der Waals surface area contributed by atoms with Gasteiger partial charge in [0.25, 0.3) is 0 Å². The van der Waals surface area contributed by atoms with Gasteiger partial charge in [0, 0.05) is 26.2 Å². The van der Waals surface area contributed by atoms with Gasteiger partial charge in [0.05, 0.1) is 12.7 Å². The fourth-order valence-corrected chi connectivity index (χ4v) is 6.04. The molecule has 8 nitrogen and oxygen atoms in total. The van der Waals surface area contributed by atoms with Gasteiger partial charge in [-0.25, -0.2) is 4.79 Å². The summed E-state index contributed by atoms with van der Waals surface area (Å²) in [5, 5.41) is 43.7. The van der Waals surface area contributed by atoms with E-state index in [4.69, 9.17) is 4.74 Å². The van der Waals surface area contributed by atoms with Gasteiger partial charge in [-0.05, 0) is 81.0 Å². The number of esters is 1. The molecule has 0 aromatic heterocycles. The maximum Gasteiger partial charge on any atom is 0.488 e. The molecule has 0 aliphatic rings. The lowest BCUT2D eigenvalue weighted by Crippen LogP contribution is -2.35. The largest absolute Gasteiger partial charge is 0.488 e. The van der Waals surface area contributed by atoms with Crippen molar-refractivity contribution >= 4 is 52.7 Å². The van der Waals surface area contributed by atoms with Crippen LogP contribution in [0.4, 0.5) is 0 Å². The molecule has 0 unspecified atom stereocenters. The first-order valence-electron chi connectivity index (χ1n) is 14.5. The molecular formula is C34H36B2N2O6. The maximum atomic E-state index is 12.6. The molecule has 0 spiro atoms. The van der Waals surface area contributed by atoms with Crippen LogP contribution in [0.1, 0.15) is 32.6 Å². The number of rotatable bonds is 11. The summed E-state index contributed by atoms with van der Waals surface area (Å²) in [7, 11) is 2.24. The standard InChI is InChI=1S/C34H36B2N2O6/c1-37(19-24-10-4-8-14-32(24)35(40)41)21-30-26-12-6-7-13-27(26)31(29-18-23(34(39)44-3)16-17-28(29)30)22-38(2)20-25-11-5-9-15-33(25)36(42)43/h4-18,40-43H,19-22H2,1-3H3. The van der Waals surface area contributed by atoms with Crippen molar-refractivity contribution in [1.82, 2.24) is 9.80 Å². The maximum absolute atomic E-state index is 12.6. The van der Waals surface area contributed by atoms with Crippen molar-refractivity contribution in [2.75, 3.05) is 21.2 Å². The molecule has 0 saturated carbocycles. The third-order valence-electron chi connectivity index (χ3n) is 8.07. The highest BCUT2D eigenvalue weighted by atomic mass is 16.5. The number of carbonyl (C=O) groups excluding carboxylic acids is 1. The third-order valence-corrected chi connectivity index (χ3v) is 8.07. The van der Waals surface area contributed by atoms with E-state index in [0.29, 0.717) is 42.7 Å². The molecule has 0 saturated heterocycles. The SMILES string of the molecule is COC(=O)c1ccc2c(CN(C)Cc3ccccc3B(O)O)c3ccccc3c(CN(C)Cc3ccccc3B(O)O)c2c1. The van der Waals surface area contributed by atoms with Crippen molar-refractivity contribution in [3.63, 3.8) is 0 Å². The zero-order valence-electron chi connectivity index (χ0n) is 25.1. The number of ether oxygens (including phenoxy) is 1. The van der Waals surface area contributed by atoms with Crippen molar-refractivity contribution in [3.8, 4) is 0 Å². The van der Waals surface area contributed by atoms with Crippen molar-refractivity contribution < 1.29 is 29.6 Å². The molecule has 0 amide bonds. The minimum Gasteiger partial charge on any atom is -0.465 e. The Hall–Kier alpha value is -4.02. The fraction of sp³-hybridized carbons (Fsp3) is 0.206.